The fourth-order valence-electron chi connectivity index (χ4n) is 3.29. The van der Waals surface area contributed by atoms with E-state index in [-0.39, 0.29) is 12.5 Å². The van der Waals surface area contributed by atoms with E-state index in [1.54, 1.807) is 18.0 Å². The van der Waals surface area contributed by atoms with Gasteiger partial charge in [-0.2, -0.15) is 0 Å². The van der Waals surface area contributed by atoms with Crippen LogP contribution in [0, 0.1) is 0 Å². The minimum absolute atomic E-state index is 0.175. The number of ether oxygens (including phenoxy) is 1. The third-order valence-electron chi connectivity index (χ3n) is 4.61. The lowest BCUT2D eigenvalue weighted by Gasteiger charge is -2.18. The number of fused-ring (bicyclic) bond motifs is 1. The van der Waals surface area contributed by atoms with Crippen molar-refractivity contribution in [1.29, 1.82) is 0 Å². The molecule has 27 heavy (non-hydrogen) atoms. The number of hydrogen-bond donors (Lipinski definition) is 0. The van der Waals surface area contributed by atoms with Crippen molar-refractivity contribution >= 4 is 40.9 Å². The van der Waals surface area contributed by atoms with Crippen LogP contribution in [0.25, 0.3) is 17.0 Å². The van der Waals surface area contributed by atoms with Crippen LogP contribution in [0.1, 0.15) is 17.2 Å². The van der Waals surface area contributed by atoms with E-state index >= 15 is 0 Å². The van der Waals surface area contributed by atoms with Crippen LogP contribution in [-0.2, 0) is 9.53 Å². The first-order valence-corrected chi connectivity index (χ1v) is 9.75. The minimum Gasteiger partial charge on any atom is -0.446 e. The first-order chi connectivity index (χ1) is 13.2. The summed E-state index contributed by atoms with van der Waals surface area (Å²) in [6.45, 7) is 0.175. The quantitative estimate of drug-likeness (QED) is 0.627. The SMILES string of the molecule is CSn1cc(/C=C/C(=O)N2C(=O)OC[C@H]2c2ccccc2)c2ccccc21. The number of carbonyl (C=O) groups is 2. The van der Waals surface area contributed by atoms with Gasteiger partial charge in [-0.25, -0.2) is 9.69 Å². The van der Waals surface area contributed by atoms with E-state index in [1.807, 2.05) is 67.0 Å². The van der Waals surface area contributed by atoms with Gasteiger partial charge < -0.3 is 4.74 Å². The van der Waals surface area contributed by atoms with Crippen molar-refractivity contribution in [3.63, 3.8) is 0 Å². The van der Waals surface area contributed by atoms with Crippen LogP contribution < -0.4 is 0 Å². The Labute approximate surface area is 161 Å². The summed E-state index contributed by atoms with van der Waals surface area (Å²) in [4.78, 5) is 26.0. The standard InChI is InChI=1S/C21H18N2O3S/c1-27-22-13-16(17-9-5-6-10-18(17)22)11-12-20(24)23-19(14-26-21(23)25)15-7-3-2-4-8-15/h2-13,19H,14H2,1H3/b12-11+/t19-/m0/s1. The molecule has 1 aliphatic heterocycles. The second kappa shape index (κ2) is 7.32. The largest absolute Gasteiger partial charge is 0.446 e. The van der Waals surface area contributed by atoms with E-state index < -0.39 is 12.1 Å². The van der Waals surface area contributed by atoms with Gasteiger partial charge in [-0.3, -0.25) is 8.77 Å². The summed E-state index contributed by atoms with van der Waals surface area (Å²) in [5.74, 6) is -0.382. The predicted octanol–water partition coefficient (Wildman–Crippen LogP) is 4.50. The van der Waals surface area contributed by atoms with Gasteiger partial charge >= 0.3 is 6.09 Å². The van der Waals surface area contributed by atoms with Crippen molar-refractivity contribution < 1.29 is 14.3 Å². The highest BCUT2D eigenvalue weighted by atomic mass is 32.2. The molecule has 2 heterocycles. The third-order valence-corrected chi connectivity index (χ3v) is 5.30. The third kappa shape index (κ3) is 3.24. The van der Waals surface area contributed by atoms with Gasteiger partial charge in [-0.15, -0.1) is 0 Å². The van der Waals surface area contributed by atoms with Crippen LogP contribution in [0.3, 0.4) is 0 Å². The molecule has 6 heteroatoms. The number of aromatic nitrogens is 1. The zero-order chi connectivity index (χ0) is 18.8. The molecule has 0 spiro atoms. The molecular weight excluding hydrogens is 360 g/mol. The molecule has 2 amide bonds. The van der Waals surface area contributed by atoms with Crippen LogP contribution in [0.2, 0.25) is 0 Å². The molecule has 0 saturated carbocycles. The van der Waals surface area contributed by atoms with Crippen molar-refractivity contribution in [2.45, 2.75) is 6.04 Å². The smallest absolute Gasteiger partial charge is 0.417 e. The molecule has 0 bridgehead atoms. The highest BCUT2D eigenvalue weighted by molar-refractivity contribution is 7.97. The Hall–Kier alpha value is -2.99. The number of rotatable bonds is 4. The van der Waals surface area contributed by atoms with Crippen molar-refractivity contribution in [3.8, 4) is 0 Å². The molecule has 0 N–H and O–H groups in total. The van der Waals surface area contributed by atoms with E-state index in [2.05, 4.69) is 3.97 Å². The van der Waals surface area contributed by atoms with Gasteiger partial charge in [0.2, 0.25) is 0 Å². The lowest BCUT2D eigenvalue weighted by Crippen LogP contribution is -2.32. The van der Waals surface area contributed by atoms with Crippen LogP contribution >= 0.6 is 11.9 Å². The molecule has 1 saturated heterocycles. The lowest BCUT2D eigenvalue weighted by atomic mass is 10.1. The van der Waals surface area contributed by atoms with Crippen LogP contribution in [0.5, 0.6) is 0 Å². The van der Waals surface area contributed by atoms with Gasteiger partial charge in [0.15, 0.2) is 0 Å². The maximum absolute atomic E-state index is 12.8. The first-order valence-electron chi connectivity index (χ1n) is 8.56. The maximum Gasteiger partial charge on any atom is 0.417 e. The number of imide groups is 1. The van der Waals surface area contributed by atoms with Gasteiger partial charge in [0.25, 0.3) is 5.91 Å². The van der Waals surface area contributed by atoms with Crippen molar-refractivity contribution in [2.75, 3.05) is 12.9 Å². The van der Waals surface area contributed by atoms with E-state index in [9.17, 15) is 9.59 Å². The number of amides is 2. The molecule has 5 nitrogen and oxygen atoms in total. The molecule has 4 rings (SSSR count). The summed E-state index contributed by atoms with van der Waals surface area (Å²) in [5, 5.41) is 1.06. The molecule has 136 valence electrons. The molecule has 2 aromatic carbocycles. The molecule has 0 radical (unpaired) electrons. The molecule has 3 aromatic rings. The minimum atomic E-state index is -0.606. The Morgan fingerprint density at radius 2 is 1.89 bits per heavy atom. The molecule has 0 aliphatic carbocycles. The van der Waals surface area contributed by atoms with E-state index in [4.69, 9.17) is 4.74 Å². The monoisotopic (exact) mass is 378 g/mol. The Kier molecular flexibility index (Phi) is 4.73. The molecule has 0 unspecified atom stereocenters. The zero-order valence-electron chi connectivity index (χ0n) is 14.7. The van der Waals surface area contributed by atoms with Gasteiger partial charge in [0.05, 0.1) is 5.52 Å². The molecule has 1 fully saturated rings. The number of para-hydroxylation sites is 1. The van der Waals surface area contributed by atoms with Crippen LogP contribution in [-0.4, -0.2) is 33.7 Å². The van der Waals surface area contributed by atoms with Crippen LogP contribution in [0.15, 0.2) is 66.9 Å². The summed E-state index contributed by atoms with van der Waals surface area (Å²) in [6, 6.07) is 17.1. The Balaban J connectivity index is 1.62. The van der Waals surface area contributed by atoms with Crippen molar-refractivity contribution in [1.82, 2.24) is 8.87 Å². The second-order valence-corrected chi connectivity index (χ2v) is 6.91. The van der Waals surface area contributed by atoms with E-state index in [1.165, 1.54) is 11.0 Å². The Morgan fingerprint density at radius 1 is 1.15 bits per heavy atom. The fourth-order valence-corrected chi connectivity index (χ4v) is 3.86. The zero-order valence-corrected chi connectivity index (χ0v) is 15.6. The van der Waals surface area contributed by atoms with Gasteiger partial charge in [0.1, 0.15) is 12.6 Å². The molecule has 1 atom stereocenters. The molecular formula is C21H18N2O3S. The van der Waals surface area contributed by atoms with Gasteiger partial charge in [-0.05, 0) is 29.7 Å². The average molecular weight is 378 g/mol. The Bertz CT molecular complexity index is 1030. The Morgan fingerprint density at radius 3 is 2.67 bits per heavy atom. The summed E-state index contributed by atoms with van der Waals surface area (Å²) in [6.07, 6.45) is 6.57. The average Bonchev–Trinajstić information content (AvgIpc) is 3.27. The van der Waals surface area contributed by atoms with Crippen molar-refractivity contribution in [3.05, 3.63) is 78.0 Å². The molecule has 1 aliphatic rings. The molecule has 1 aromatic heterocycles. The predicted molar refractivity (Wildman–Crippen MR) is 107 cm³/mol. The van der Waals surface area contributed by atoms with Crippen LogP contribution in [0.4, 0.5) is 4.79 Å². The summed E-state index contributed by atoms with van der Waals surface area (Å²) in [5.41, 5.74) is 2.89. The summed E-state index contributed by atoms with van der Waals surface area (Å²) >= 11 is 1.59. The number of benzene rings is 2. The summed E-state index contributed by atoms with van der Waals surface area (Å²) in [7, 11) is 0. The fraction of sp³-hybridized carbons (Fsp3) is 0.143. The number of nitrogens with zero attached hydrogens (tertiary/aromatic N) is 2. The first kappa shape index (κ1) is 17.4. The van der Waals surface area contributed by atoms with Gasteiger partial charge in [-0.1, -0.05) is 48.5 Å². The lowest BCUT2D eigenvalue weighted by molar-refractivity contribution is -0.124. The van der Waals surface area contributed by atoms with E-state index in [0.29, 0.717) is 0 Å². The topological polar surface area (TPSA) is 51.5 Å². The van der Waals surface area contributed by atoms with E-state index in [0.717, 1.165) is 22.0 Å². The highest BCUT2D eigenvalue weighted by Crippen LogP contribution is 2.29. The number of carbonyl (C=O) groups excluding carboxylic acids is 2. The van der Waals surface area contributed by atoms with Crippen molar-refractivity contribution in [2.24, 2.45) is 0 Å². The highest BCUT2D eigenvalue weighted by Gasteiger charge is 2.37. The van der Waals surface area contributed by atoms with Gasteiger partial charge in [0, 0.05) is 29.5 Å². The maximum atomic E-state index is 12.8. The number of cyclic esters (lactones) is 1. The number of hydrogen-bond acceptors (Lipinski definition) is 4. The second-order valence-electron chi connectivity index (χ2n) is 6.15. The summed E-state index contributed by atoms with van der Waals surface area (Å²) < 4.78 is 7.17. The normalized spacial score (nSPS) is 17.0.